The number of amides is 1. The van der Waals surface area contributed by atoms with Gasteiger partial charge in [0.25, 0.3) is 5.91 Å². The predicted octanol–water partition coefficient (Wildman–Crippen LogP) is 1.16. The number of nitrogens with two attached hydrogens (primary N) is 1. The SMILES string of the molecule is C=C1C=CC(Br)=CN1/C(=C\N)C(=N)NC(=O)COCCOC. The lowest BCUT2D eigenvalue weighted by Gasteiger charge is -2.26. The Hall–Kier alpha value is -1.90. The quantitative estimate of drug-likeness (QED) is 0.354. The summed E-state index contributed by atoms with van der Waals surface area (Å²) in [4.78, 5) is 13.3. The highest BCUT2D eigenvalue weighted by molar-refractivity contribution is 9.11. The molecule has 0 saturated carbocycles. The Morgan fingerprint density at radius 2 is 2.27 bits per heavy atom. The molecular formula is C14H19BrN4O3. The molecule has 0 spiro atoms. The van der Waals surface area contributed by atoms with Crippen molar-refractivity contribution < 1.29 is 14.3 Å². The number of hydrogen-bond acceptors (Lipinski definition) is 6. The minimum atomic E-state index is -0.443. The van der Waals surface area contributed by atoms with Crippen molar-refractivity contribution in [1.29, 1.82) is 5.41 Å². The van der Waals surface area contributed by atoms with Crippen molar-refractivity contribution in [2.24, 2.45) is 5.73 Å². The van der Waals surface area contributed by atoms with Crippen LogP contribution in [-0.2, 0) is 14.3 Å². The van der Waals surface area contributed by atoms with Gasteiger partial charge in [0.05, 0.1) is 13.2 Å². The molecule has 0 aromatic carbocycles. The van der Waals surface area contributed by atoms with E-state index in [1.54, 1.807) is 24.3 Å². The van der Waals surface area contributed by atoms with Crippen LogP contribution in [0.1, 0.15) is 0 Å². The third kappa shape index (κ3) is 5.47. The highest BCUT2D eigenvalue weighted by atomic mass is 79.9. The largest absolute Gasteiger partial charge is 0.403 e. The number of amidine groups is 1. The van der Waals surface area contributed by atoms with Gasteiger partial charge in [-0.3, -0.25) is 10.2 Å². The van der Waals surface area contributed by atoms with Gasteiger partial charge >= 0.3 is 0 Å². The fourth-order valence-corrected chi connectivity index (χ4v) is 1.90. The molecule has 22 heavy (non-hydrogen) atoms. The minimum absolute atomic E-state index is 0.143. The van der Waals surface area contributed by atoms with E-state index in [1.807, 2.05) is 6.08 Å². The summed E-state index contributed by atoms with van der Waals surface area (Å²) >= 11 is 3.34. The molecular weight excluding hydrogens is 352 g/mol. The third-order valence-electron chi connectivity index (χ3n) is 2.60. The highest BCUT2D eigenvalue weighted by Gasteiger charge is 2.18. The normalized spacial score (nSPS) is 14.8. The first-order valence-electron chi connectivity index (χ1n) is 6.40. The summed E-state index contributed by atoms with van der Waals surface area (Å²) in [5.74, 6) is -0.586. The van der Waals surface area contributed by atoms with Crippen molar-refractivity contribution in [1.82, 2.24) is 10.2 Å². The topological polar surface area (TPSA) is 101 Å². The van der Waals surface area contributed by atoms with Gasteiger partial charge in [-0.25, -0.2) is 0 Å². The molecule has 1 heterocycles. The van der Waals surface area contributed by atoms with Gasteiger partial charge in [0.15, 0.2) is 5.84 Å². The molecule has 0 saturated heterocycles. The summed E-state index contributed by atoms with van der Waals surface area (Å²) in [6.45, 7) is 4.40. The van der Waals surface area contributed by atoms with Crippen molar-refractivity contribution in [3.05, 3.63) is 47.0 Å². The second kappa shape index (κ2) is 9.19. The molecule has 0 fully saturated rings. The van der Waals surface area contributed by atoms with Crippen molar-refractivity contribution in [2.75, 3.05) is 26.9 Å². The van der Waals surface area contributed by atoms with Gasteiger partial charge < -0.3 is 25.4 Å². The lowest BCUT2D eigenvalue weighted by molar-refractivity contribution is -0.124. The van der Waals surface area contributed by atoms with Gasteiger partial charge in [0, 0.05) is 29.7 Å². The average molecular weight is 371 g/mol. The lowest BCUT2D eigenvalue weighted by atomic mass is 10.2. The number of ether oxygens (including phenoxy) is 2. The van der Waals surface area contributed by atoms with E-state index in [2.05, 4.69) is 27.8 Å². The molecule has 0 aromatic rings. The molecule has 7 nitrogen and oxygen atoms in total. The third-order valence-corrected chi connectivity index (χ3v) is 3.07. The van der Waals surface area contributed by atoms with Crippen LogP contribution in [-0.4, -0.2) is 43.6 Å². The molecule has 0 aromatic heterocycles. The van der Waals surface area contributed by atoms with Gasteiger partial charge in [-0.2, -0.15) is 0 Å². The highest BCUT2D eigenvalue weighted by Crippen LogP contribution is 2.23. The Morgan fingerprint density at radius 3 is 2.91 bits per heavy atom. The van der Waals surface area contributed by atoms with E-state index in [9.17, 15) is 4.79 Å². The standard InChI is InChI=1S/C14H19BrN4O3/c1-10-3-4-11(15)8-19(10)12(7-16)14(17)18-13(20)9-22-6-5-21-2/h3-4,7-8H,1,5-6,9,16H2,2H3,(H2,17,18,20)/b12-7-. The Balaban J connectivity index is 2.61. The predicted molar refractivity (Wildman–Crippen MR) is 88.0 cm³/mol. The van der Waals surface area contributed by atoms with E-state index < -0.39 is 5.91 Å². The van der Waals surface area contributed by atoms with Gasteiger partial charge in [-0.05, 0) is 28.1 Å². The van der Waals surface area contributed by atoms with E-state index in [0.717, 1.165) is 4.48 Å². The molecule has 0 aliphatic carbocycles. The van der Waals surface area contributed by atoms with E-state index in [-0.39, 0.29) is 12.4 Å². The number of hydrogen-bond donors (Lipinski definition) is 3. The van der Waals surface area contributed by atoms with E-state index in [0.29, 0.717) is 24.6 Å². The second-order valence-corrected chi connectivity index (χ2v) is 5.14. The monoisotopic (exact) mass is 370 g/mol. The minimum Gasteiger partial charge on any atom is -0.403 e. The molecule has 1 aliphatic heterocycles. The number of halogens is 1. The first-order valence-corrected chi connectivity index (χ1v) is 7.19. The van der Waals surface area contributed by atoms with E-state index in [1.165, 1.54) is 6.20 Å². The number of rotatable bonds is 7. The second-order valence-electron chi connectivity index (χ2n) is 4.23. The average Bonchev–Trinajstić information content (AvgIpc) is 2.48. The molecule has 120 valence electrons. The molecule has 1 rings (SSSR count). The van der Waals surface area contributed by atoms with E-state index in [4.69, 9.17) is 20.6 Å². The van der Waals surface area contributed by atoms with Gasteiger partial charge in [0.2, 0.25) is 0 Å². The summed E-state index contributed by atoms with van der Waals surface area (Å²) in [6.07, 6.45) is 6.52. The van der Waals surface area contributed by atoms with Crippen LogP contribution in [0, 0.1) is 5.41 Å². The maximum absolute atomic E-state index is 11.7. The summed E-state index contributed by atoms with van der Waals surface area (Å²) < 4.78 is 10.7. The summed E-state index contributed by atoms with van der Waals surface area (Å²) in [5, 5.41) is 10.4. The number of methoxy groups -OCH3 is 1. The number of nitrogens with zero attached hydrogens (tertiary/aromatic N) is 1. The van der Waals surface area contributed by atoms with Gasteiger partial charge in [-0.15, -0.1) is 0 Å². The Kier molecular flexibility index (Phi) is 7.58. The molecule has 1 aliphatic rings. The molecule has 0 radical (unpaired) electrons. The first kappa shape index (κ1) is 18.1. The van der Waals surface area contributed by atoms with Crippen molar-refractivity contribution in [3.63, 3.8) is 0 Å². The summed E-state index contributed by atoms with van der Waals surface area (Å²) in [6, 6.07) is 0. The Bertz CT molecular complexity index is 540. The zero-order valence-corrected chi connectivity index (χ0v) is 13.9. The Labute approximate surface area is 137 Å². The maximum Gasteiger partial charge on any atom is 0.251 e. The first-order chi connectivity index (χ1) is 10.5. The Morgan fingerprint density at radius 1 is 1.55 bits per heavy atom. The van der Waals surface area contributed by atoms with Crippen LogP contribution in [0.25, 0.3) is 0 Å². The van der Waals surface area contributed by atoms with Gasteiger partial charge in [0.1, 0.15) is 12.3 Å². The molecule has 0 atom stereocenters. The maximum atomic E-state index is 11.7. The van der Waals surface area contributed by atoms with E-state index >= 15 is 0 Å². The fourth-order valence-electron chi connectivity index (χ4n) is 1.56. The van der Waals surface area contributed by atoms with Crippen molar-refractivity contribution in [3.8, 4) is 0 Å². The van der Waals surface area contributed by atoms with Crippen LogP contribution in [0.5, 0.6) is 0 Å². The van der Waals surface area contributed by atoms with Crippen molar-refractivity contribution in [2.45, 2.75) is 0 Å². The zero-order chi connectivity index (χ0) is 16.5. The number of carbonyl (C=O) groups is 1. The van der Waals surface area contributed by atoms with Crippen LogP contribution in [0.4, 0.5) is 0 Å². The van der Waals surface area contributed by atoms with Crippen LogP contribution in [0.3, 0.4) is 0 Å². The zero-order valence-electron chi connectivity index (χ0n) is 12.3. The summed E-state index contributed by atoms with van der Waals surface area (Å²) in [7, 11) is 1.54. The van der Waals surface area contributed by atoms with Gasteiger partial charge in [-0.1, -0.05) is 6.58 Å². The lowest BCUT2D eigenvalue weighted by Crippen LogP contribution is -2.38. The molecule has 1 amide bonds. The molecule has 0 bridgehead atoms. The fraction of sp³-hybridized carbons (Fsp3) is 0.286. The number of nitrogens with one attached hydrogen (secondary N) is 2. The van der Waals surface area contributed by atoms with Crippen LogP contribution in [0.2, 0.25) is 0 Å². The van der Waals surface area contributed by atoms with Crippen LogP contribution < -0.4 is 11.1 Å². The van der Waals surface area contributed by atoms with Crippen LogP contribution >= 0.6 is 15.9 Å². The smallest absolute Gasteiger partial charge is 0.251 e. The summed E-state index contributed by atoms with van der Waals surface area (Å²) in [5.41, 5.74) is 6.50. The molecule has 0 unspecified atom stereocenters. The molecule has 8 heteroatoms. The van der Waals surface area contributed by atoms with Crippen molar-refractivity contribution >= 4 is 27.7 Å². The number of carbonyl (C=O) groups excluding carboxylic acids is 1. The molecule has 4 N–H and O–H groups in total. The number of allylic oxidation sites excluding steroid dienone is 3. The van der Waals surface area contributed by atoms with Crippen LogP contribution in [0.15, 0.2) is 47.0 Å².